The summed E-state index contributed by atoms with van der Waals surface area (Å²) in [6, 6.07) is 13.3. The Morgan fingerprint density at radius 3 is 2.59 bits per heavy atom. The van der Waals surface area contributed by atoms with Crippen molar-refractivity contribution in [3.8, 4) is 11.5 Å². The number of hydrogen-bond acceptors (Lipinski definition) is 5. The van der Waals surface area contributed by atoms with Crippen molar-refractivity contribution in [1.82, 2.24) is 15.5 Å². The van der Waals surface area contributed by atoms with Crippen LogP contribution in [0, 0.1) is 5.82 Å². The van der Waals surface area contributed by atoms with Gasteiger partial charge in [-0.05, 0) is 55.3 Å². The third kappa shape index (κ3) is 5.55. The predicted molar refractivity (Wildman–Crippen MR) is 103 cm³/mol. The Morgan fingerprint density at radius 2 is 1.89 bits per heavy atom. The van der Waals surface area contributed by atoms with Gasteiger partial charge in [-0.1, -0.05) is 35.5 Å². The number of halogens is 2. The van der Waals surface area contributed by atoms with Crippen molar-refractivity contribution in [2.75, 3.05) is 6.54 Å². The molecule has 0 unspecified atom stereocenters. The molecule has 0 aliphatic heterocycles. The topological polar surface area (TPSA) is 68.0 Å². The Kier molecular flexibility index (Phi) is 6.47. The molecule has 8 heteroatoms. The first-order valence-electron chi connectivity index (χ1n) is 8.29. The monoisotopic (exact) mass is 405 g/mol. The molecule has 1 N–H and O–H groups in total. The number of nitrogens with zero attached hydrogens (tertiary/aromatic N) is 2. The zero-order valence-electron chi connectivity index (χ0n) is 14.5. The maximum Gasteiger partial charge on any atom is 0.277 e. The number of benzene rings is 2. The van der Waals surface area contributed by atoms with Gasteiger partial charge >= 0.3 is 0 Å². The predicted octanol–water partition coefficient (Wildman–Crippen LogP) is 4.37. The van der Waals surface area contributed by atoms with Crippen molar-refractivity contribution in [3.05, 3.63) is 64.9 Å². The van der Waals surface area contributed by atoms with E-state index in [2.05, 4.69) is 15.5 Å². The van der Waals surface area contributed by atoms with Crippen LogP contribution in [0.15, 0.2) is 58.2 Å². The zero-order chi connectivity index (χ0) is 19.2. The van der Waals surface area contributed by atoms with Crippen molar-refractivity contribution in [3.63, 3.8) is 0 Å². The summed E-state index contributed by atoms with van der Waals surface area (Å²) < 4.78 is 18.5. The maximum absolute atomic E-state index is 12.9. The van der Waals surface area contributed by atoms with Gasteiger partial charge in [-0.2, -0.15) is 0 Å². The lowest BCUT2D eigenvalue weighted by Gasteiger charge is -2.09. The molecule has 0 aliphatic rings. The van der Waals surface area contributed by atoms with E-state index in [1.165, 1.54) is 23.9 Å². The van der Waals surface area contributed by atoms with Crippen LogP contribution in [-0.2, 0) is 11.2 Å². The van der Waals surface area contributed by atoms with Gasteiger partial charge in [0.1, 0.15) is 5.82 Å². The number of nitrogens with one attached hydrogen (secondary N) is 1. The van der Waals surface area contributed by atoms with Gasteiger partial charge in [0.2, 0.25) is 11.8 Å². The van der Waals surface area contributed by atoms with E-state index in [-0.39, 0.29) is 11.7 Å². The van der Waals surface area contributed by atoms with Crippen molar-refractivity contribution in [2.45, 2.75) is 23.8 Å². The largest absolute Gasteiger partial charge is 0.411 e. The minimum absolute atomic E-state index is 0.131. The highest BCUT2D eigenvalue weighted by Crippen LogP contribution is 2.26. The Balaban J connectivity index is 1.49. The summed E-state index contributed by atoms with van der Waals surface area (Å²) in [7, 11) is 0. The van der Waals surface area contributed by atoms with Gasteiger partial charge in [0.15, 0.2) is 0 Å². The first-order valence-corrected chi connectivity index (χ1v) is 9.55. The Morgan fingerprint density at radius 1 is 1.19 bits per heavy atom. The SMILES string of the molecule is C[C@@H](Sc1nnc(-c2ccc(Cl)cc2)o1)C(=O)NCCc1ccc(F)cc1. The Labute approximate surface area is 165 Å². The maximum atomic E-state index is 12.9. The molecule has 0 saturated heterocycles. The molecule has 5 nitrogen and oxygen atoms in total. The molecule has 1 atom stereocenters. The molecule has 0 bridgehead atoms. The van der Waals surface area contributed by atoms with E-state index < -0.39 is 5.25 Å². The minimum atomic E-state index is -0.392. The smallest absolute Gasteiger partial charge is 0.277 e. The Hall–Kier alpha value is -2.38. The lowest BCUT2D eigenvalue weighted by atomic mass is 10.1. The molecule has 27 heavy (non-hydrogen) atoms. The van der Waals surface area contributed by atoms with Crippen LogP contribution in [0.4, 0.5) is 4.39 Å². The average Bonchev–Trinajstić information content (AvgIpc) is 3.12. The highest BCUT2D eigenvalue weighted by molar-refractivity contribution is 8.00. The molecule has 0 spiro atoms. The fourth-order valence-corrected chi connectivity index (χ4v) is 3.13. The first kappa shape index (κ1) is 19.4. The van der Waals surface area contributed by atoms with E-state index in [0.717, 1.165) is 11.1 Å². The van der Waals surface area contributed by atoms with Crippen molar-refractivity contribution in [1.29, 1.82) is 0 Å². The van der Waals surface area contributed by atoms with E-state index in [1.807, 2.05) is 0 Å². The summed E-state index contributed by atoms with van der Waals surface area (Å²) in [5, 5.41) is 11.4. The number of hydrogen-bond donors (Lipinski definition) is 1. The molecule has 2 aromatic carbocycles. The van der Waals surface area contributed by atoms with E-state index >= 15 is 0 Å². The second kappa shape index (κ2) is 9.01. The lowest BCUT2D eigenvalue weighted by Crippen LogP contribution is -2.32. The standard InChI is InChI=1S/C19H17ClFN3O2S/c1-12(17(25)22-11-10-13-2-8-16(21)9-3-13)27-19-24-23-18(26-19)14-4-6-15(20)7-5-14/h2-9,12H,10-11H2,1H3,(H,22,25)/t12-/m1/s1. The third-order valence-corrected chi connectivity index (χ3v) is 4.96. The third-order valence-electron chi connectivity index (χ3n) is 3.77. The highest BCUT2D eigenvalue weighted by Gasteiger charge is 2.18. The summed E-state index contributed by atoms with van der Waals surface area (Å²) in [5.74, 6) is -0.0308. The van der Waals surface area contributed by atoms with Crippen LogP contribution in [0.25, 0.3) is 11.5 Å². The number of carbonyl (C=O) groups excluding carboxylic acids is 1. The second-order valence-corrected chi connectivity index (χ2v) is 7.54. The van der Waals surface area contributed by atoms with Crippen LogP contribution in [0.2, 0.25) is 5.02 Å². The van der Waals surface area contributed by atoms with Gasteiger partial charge in [-0.15, -0.1) is 10.2 Å². The summed E-state index contributed by atoms with van der Waals surface area (Å²) in [4.78, 5) is 12.2. The molecular formula is C19H17ClFN3O2S. The summed E-state index contributed by atoms with van der Waals surface area (Å²) in [6.07, 6.45) is 0.630. The normalized spacial score (nSPS) is 12.0. The molecule has 0 aliphatic carbocycles. The van der Waals surface area contributed by atoms with Gasteiger partial charge in [0, 0.05) is 17.1 Å². The first-order chi connectivity index (χ1) is 13.0. The second-order valence-electron chi connectivity index (χ2n) is 5.81. The fraction of sp³-hybridized carbons (Fsp3) is 0.211. The van der Waals surface area contributed by atoms with Crippen molar-refractivity contribution >= 4 is 29.3 Å². The number of amides is 1. The molecule has 1 heterocycles. The van der Waals surface area contributed by atoms with Crippen molar-refractivity contribution in [2.24, 2.45) is 0 Å². The van der Waals surface area contributed by atoms with Crippen molar-refractivity contribution < 1.29 is 13.6 Å². The van der Waals surface area contributed by atoms with Gasteiger partial charge in [0.25, 0.3) is 5.22 Å². The molecule has 1 aromatic heterocycles. The molecule has 140 valence electrons. The van der Waals surface area contributed by atoms with E-state index in [1.54, 1.807) is 43.3 Å². The molecule has 0 saturated carbocycles. The highest BCUT2D eigenvalue weighted by atomic mass is 35.5. The number of thioether (sulfide) groups is 1. The van der Waals surface area contributed by atoms with Crippen LogP contribution in [0.3, 0.4) is 0 Å². The number of rotatable bonds is 7. The van der Waals surface area contributed by atoms with E-state index in [4.69, 9.17) is 16.0 Å². The van der Waals surface area contributed by atoms with Gasteiger partial charge < -0.3 is 9.73 Å². The van der Waals surface area contributed by atoms with Gasteiger partial charge in [-0.3, -0.25) is 4.79 Å². The van der Waals surface area contributed by atoms with Crippen LogP contribution >= 0.6 is 23.4 Å². The van der Waals surface area contributed by atoms with E-state index in [9.17, 15) is 9.18 Å². The average molecular weight is 406 g/mol. The van der Waals surface area contributed by atoms with Crippen LogP contribution in [0.5, 0.6) is 0 Å². The molecule has 0 radical (unpaired) electrons. The fourth-order valence-electron chi connectivity index (χ4n) is 2.30. The zero-order valence-corrected chi connectivity index (χ0v) is 16.1. The summed E-state index contributed by atoms with van der Waals surface area (Å²) >= 11 is 7.05. The van der Waals surface area contributed by atoms with Crippen LogP contribution < -0.4 is 5.32 Å². The Bertz CT molecular complexity index is 900. The van der Waals surface area contributed by atoms with Crippen LogP contribution in [0.1, 0.15) is 12.5 Å². The molecule has 1 amide bonds. The minimum Gasteiger partial charge on any atom is -0.411 e. The quantitative estimate of drug-likeness (QED) is 0.591. The molecule has 3 rings (SSSR count). The molecular weight excluding hydrogens is 389 g/mol. The number of carbonyl (C=O) groups is 1. The van der Waals surface area contributed by atoms with Gasteiger partial charge in [-0.25, -0.2) is 4.39 Å². The van der Waals surface area contributed by atoms with Crippen LogP contribution in [-0.4, -0.2) is 27.9 Å². The molecule has 0 fully saturated rings. The summed E-state index contributed by atoms with van der Waals surface area (Å²) in [5.41, 5.74) is 1.72. The lowest BCUT2D eigenvalue weighted by molar-refractivity contribution is -0.120. The molecule has 3 aromatic rings. The summed E-state index contributed by atoms with van der Waals surface area (Å²) in [6.45, 7) is 2.24. The van der Waals surface area contributed by atoms with Gasteiger partial charge in [0.05, 0.1) is 5.25 Å². The number of aromatic nitrogens is 2. The van der Waals surface area contributed by atoms with E-state index in [0.29, 0.717) is 29.1 Å².